The number of hydrogen-bond donors (Lipinski definition) is 0. The van der Waals surface area contributed by atoms with Gasteiger partial charge in [0.05, 0.1) is 4.90 Å². The quantitative estimate of drug-likeness (QED) is 0.633. The van der Waals surface area contributed by atoms with Gasteiger partial charge >= 0.3 is 0 Å². The van der Waals surface area contributed by atoms with E-state index in [1.54, 1.807) is 41.6 Å². The molecule has 150 valence electrons. The second-order valence-electron chi connectivity index (χ2n) is 6.70. The summed E-state index contributed by atoms with van der Waals surface area (Å²) in [4.78, 5) is 25.2. The van der Waals surface area contributed by atoms with E-state index in [0.717, 1.165) is 6.26 Å². The fourth-order valence-corrected chi connectivity index (χ4v) is 3.73. The molecule has 3 aromatic rings. The number of carbonyl (C=O) groups is 1. The number of hydrogen-bond acceptors (Lipinski definition) is 8. The fourth-order valence-electron chi connectivity index (χ4n) is 3.10. The molecule has 4 rings (SSSR count). The maximum absolute atomic E-state index is 12.7. The van der Waals surface area contributed by atoms with Gasteiger partial charge in [-0.25, -0.2) is 18.4 Å². The van der Waals surface area contributed by atoms with Crippen molar-refractivity contribution in [1.29, 1.82) is 0 Å². The van der Waals surface area contributed by atoms with E-state index in [1.165, 1.54) is 12.1 Å². The first kappa shape index (κ1) is 19.1. The van der Waals surface area contributed by atoms with Gasteiger partial charge in [-0.05, 0) is 30.3 Å². The van der Waals surface area contributed by atoms with Crippen molar-refractivity contribution in [3.63, 3.8) is 0 Å². The Kier molecular flexibility index (Phi) is 5.01. The Labute approximate surface area is 167 Å². The van der Waals surface area contributed by atoms with E-state index < -0.39 is 9.84 Å². The van der Waals surface area contributed by atoms with Crippen LogP contribution in [0.1, 0.15) is 10.5 Å². The summed E-state index contributed by atoms with van der Waals surface area (Å²) < 4.78 is 28.4. The molecular weight excluding hydrogens is 394 g/mol. The number of sulfone groups is 1. The van der Waals surface area contributed by atoms with E-state index in [4.69, 9.17) is 4.52 Å². The molecule has 3 heterocycles. The molecular formula is C19H19N5O4S. The second kappa shape index (κ2) is 7.63. The van der Waals surface area contributed by atoms with Crippen LogP contribution in [-0.2, 0) is 9.84 Å². The molecule has 0 aliphatic carbocycles. The molecule has 2 aromatic heterocycles. The number of nitrogens with zero attached hydrogens (tertiary/aromatic N) is 5. The molecule has 1 fully saturated rings. The van der Waals surface area contributed by atoms with Crippen molar-refractivity contribution in [2.45, 2.75) is 4.90 Å². The molecule has 0 atom stereocenters. The fraction of sp³-hybridized carbons (Fsp3) is 0.263. The highest BCUT2D eigenvalue weighted by Crippen LogP contribution is 2.23. The van der Waals surface area contributed by atoms with Crippen molar-refractivity contribution in [3.8, 4) is 11.3 Å². The van der Waals surface area contributed by atoms with Crippen molar-refractivity contribution < 1.29 is 17.7 Å². The first-order valence-corrected chi connectivity index (χ1v) is 10.9. The summed E-state index contributed by atoms with van der Waals surface area (Å²) >= 11 is 0. The predicted octanol–water partition coefficient (Wildman–Crippen LogP) is 1.50. The van der Waals surface area contributed by atoms with E-state index in [-0.39, 0.29) is 16.5 Å². The van der Waals surface area contributed by atoms with Gasteiger partial charge in [-0.15, -0.1) is 0 Å². The van der Waals surface area contributed by atoms with E-state index in [2.05, 4.69) is 15.1 Å². The minimum Gasteiger partial charge on any atom is -0.355 e. The predicted molar refractivity (Wildman–Crippen MR) is 105 cm³/mol. The van der Waals surface area contributed by atoms with Gasteiger partial charge in [0.2, 0.25) is 5.95 Å². The van der Waals surface area contributed by atoms with Crippen LogP contribution in [0.4, 0.5) is 5.95 Å². The zero-order valence-electron chi connectivity index (χ0n) is 15.7. The topological polar surface area (TPSA) is 110 Å². The number of rotatable bonds is 4. The summed E-state index contributed by atoms with van der Waals surface area (Å²) in [5, 5.41) is 3.89. The van der Waals surface area contributed by atoms with Crippen molar-refractivity contribution in [2.75, 3.05) is 37.3 Å². The second-order valence-corrected chi connectivity index (χ2v) is 8.72. The van der Waals surface area contributed by atoms with Crippen LogP contribution >= 0.6 is 0 Å². The van der Waals surface area contributed by atoms with Crippen LogP contribution in [0.3, 0.4) is 0 Å². The third kappa shape index (κ3) is 4.11. The molecule has 0 saturated carbocycles. The molecule has 10 heteroatoms. The molecule has 1 saturated heterocycles. The lowest BCUT2D eigenvalue weighted by Gasteiger charge is -2.34. The highest BCUT2D eigenvalue weighted by molar-refractivity contribution is 7.90. The minimum atomic E-state index is -3.27. The zero-order chi connectivity index (χ0) is 20.4. The molecule has 1 aliphatic heterocycles. The smallest absolute Gasteiger partial charge is 0.276 e. The maximum Gasteiger partial charge on any atom is 0.276 e. The van der Waals surface area contributed by atoms with Gasteiger partial charge in [0.15, 0.2) is 21.3 Å². The van der Waals surface area contributed by atoms with Gasteiger partial charge in [0.1, 0.15) is 0 Å². The van der Waals surface area contributed by atoms with Crippen molar-refractivity contribution in [2.24, 2.45) is 0 Å². The summed E-state index contributed by atoms with van der Waals surface area (Å²) in [5.41, 5.74) is 0.867. The molecule has 9 nitrogen and oxygen atoms in total. The normalized spacial score (nSPS) is 14.8. The number of anilines is 1. The van der Waals surface area contributed by atoms with Crippen molar-refractivity contribution in [1.82, 2.24) is 20.0 Å². The zero-order valence-corrected chi connectivity index (χ0v) is 16.5. The average molecular weight is 413 g/mol. The monoisotopic (exact) mass is 413 g/mol. The Hall–Kier alpha value is -3.27. The summed E-state index contributed by atoms with van der Waals surface area (Å²) in [7, 11) is -3.27. The number of carbonyl (C=O) groups excluding carboxylic acids is 1. The standard InChI is InChI=1S/C19H19N5O4S/c1-29(26,27)15-5-3-14(4-6-15)17-13-16(22-28-17)18(25)23-9-11-24(12-10-23)19-20-7-2-8-21-19/h2-8,13H,9-12H2,1H3. The molecule has 1 aromatic carbocycles. The van der Waals surface area contributed by atoms with Crippen LogP contribution in [0.2, 0.25) is 0 Å². The van der Waals surface area contributed by atoms with Gasteiger partial charge in [-0.1, -0.05) is 5.16 Å². The highest BCUT2D eigenvalue weighted by atomic mass is 32.2. The third-order valence-electron chi connectivity index (χ3n) is 4.70. The Morgan fingerprint density at radius 3 is 2.31 bits per heavy atom. The Balaban J connectivity index is 1.43. The first-order chi connectivity index (χ1) is 13.9. The van der Waals surface area contributed by atoms with Crippen LogP contribution in [0, 0.1) is 0 Å². The van der Waals surface area contributed by atoms with E-state index in [1.807, 2.05) is 4.90 Å². The molecule has 0 bridgehead atoms. The van der Waals surface area contributed by atoms with E-state index in [0.29, 0.717) is 43.5 Å². The minimum absolute atomic E-state index is 0.207. The van der Waals surface area contributed by atoms with Gasteiger partial charge in [-0.2, -0.15) is 0 Å². The van der Waals surface area contributed by atoms with Crippen molar-refractivity contribution >= 4 is 21.7 Å². The highest BCUT2D eigenvalue weighted by Gasteiger charge is 2.25. The van der Waals surface area contributed by atoms with Gasteiger partial charge in [0, 0.05) is 56.5 Å². The molecule has 29 heavy (non-hydrogen) atoms. The molecule has 0 spiro atoms. The number of piperazine rings is 1. The van der Waals surface area contributed by atoms with E-state index in [9.17, 15) is 13.2 Å². The third-order valence-corrected chi connectivity index (χ3v) is 5.83. The SMILES string of the molecule is CS(=O)(=O)c1ccc(-c2cc(C(=O)N3CCN(c4ncccn4)CC3)no2)cc1. The van der Waals surface area contributed by atoms with Crippen LogP contribution in [0.15, 0.2) is 58.2 Å². The summed E-state index contributed by atoms with van der Waals surface area (Å²) in [5.74, 6) is 0.854. The van der Waals surface area contributed by atoms with Crippen LogP contribution in [0.5, 0.6) is 0 Å². The number of aromatic nitrogens is 3. The molecule has 1 aliphatic rings. The van der Waals surface area contributed by atoms with Crippen LogP contribution < -0.4 is 4.90 Å². The van der Waals surface area contributed by atoms with Gasteiger partial charge in [0.25, 0.3) is 5.91 Å². The lowest BCUT2D eigenvalue weighted by atomic mass is 10.1. The van der Waals surface area contributed by atoms with Crippen molar-refractivity contribution in [3.05, 3.63) is 54.5 Å². The first-order valence-electron chi connectivity index (χ1n) is 9.00. The average Bonchev–Trinajstić information content (AvgIpc) is 3.24. The lowest BCUT2D eigenvalue weighted by molar-refractivity contribution is 0.0736. The number of benzene rings is 1. The Bertz CT molecular complexity index is 1110. The molecule has 0 N–H and O–H groups in total. The maximum atomic E-state index is 12.7. The Morgan fingerprint density at radius 1 is 1.03 bits per heavy atom. The van der Waals surface area contributed by atoms with Gasteiger partial charge < -0.3 is 14.3 Å². The van der Waals surface area contributed by atoms with E-state index >= 15 is 0 Å². The Morgan fingerprint density at radius 2 is 1.69 bits per heavy atom. The summed E-state index contributed by atoms with van der Waals surface area (Å²) in [6, 6.07) is 9.59. The van der Waals surface area contributed by atoms with Crippen LogP contribution in [-0.4, -0.2) is 66.8 Å². The number of amides is 1. The largest absolute Gasteiger partial charge is 0.355 e. The van der Waals surface area contributed by atoms with Crippen LogP contribution in [0.25, 0.3) is 11.3 Å². The summed E-state index contributed by atoms with van der Waals surface area (Å²) in [6.45, 7) is 2.32. The molecule has 1 amide bonds. The lowest BCUT2D eigenvalue weighted by Crippen LogP contribution is -2.49. The molecule has 0 radical (unpaired) electrons. The summed E-state index contributed by atoms with van der Waals surface area (Å²) in [6.07, 6.45) is 4.54. The molecule has 0 unspecified atom stereocenters. The van der Waals surface area contributed by atoms with Gasteiger partial charge in [-0.3, -0.25) is 4.79 Å².